The van der Waals surface area contributed by atoms with Crippen molar-refractivity contribution in [2.24, 2.45) is 0 Å². The summed E-state index contributed by atoms with van der Waals surface area (Å²) in [5, 5.41) is 17.4. The Bertz CT molecular complexity index is 310. The molecule has 0 fully saturated rings. The van der Waals surface area contributed by atoms with Crippen LogP contribution in [0.5, 0.6) is 0 Å². The molecule has 0 radical (unpaired) electrons. The predicted octanol–water partition coefficient (Wildman–Crippen LogP) is -0.137. The molecule has 0 saturated heterocycles. The van der Waals surface area contributed by atoms with Gasteiger partial charge < -0.3 is 9.67 Å². The molecule has 0 amide bonds. The van der Waals surface area contributed by atoms with E-state index in [1.807, 2.05) is 13.8 Å². The van der Waals surface area contributed by atoms with Crippen molar-refractivity contribution in [1.82, 2.24) is 19.7 Å². The van der Waals surface area contributed by atoms with Crippen LogP contribution in [-0.4, -0.2) is 43.5 Å². The van der Waals surface area contributed by atoms with Crippen LogP contribution in [0.4, 0.5) is 0 Å². The standard InChI is InChI=1S/C9H16N4O/c1-7(8(2)14)12-3-4-13-6-10-11-9(13)5-12/h6-8,14H,3-5H2,1-2H3. The predicted molar refractivity (Wildman–Crippen MR) is 51.6 cm³/mol. The normalized spacial score (nSPS) is 21.6. The Morgan fingerprint density at radius 2 is 2.21 bits per heavy atom. The number of hydrogen-bond acceptors (Lipinski definition) is 4. The summed E-state index contributed by atoms with van der Waals surface area (Å²) in [6, 6.07) is 0.181. The van der Waals surface area contributed by atoms with Gasteiger partial charge in [0.25, 0.3) is 0 Å². The molecule has 0 spiro atoms. The second kappa shape index (κ2) is 3.67. The lowest BCUT2D eigenvalue weighted by Crippen LogP contribution is -2.44. The van der Waals surface area contributed by atoms with E-state index in [1.54, 1.807) is 6.33 Å². The first-order chi connectivity index (χ1) is 6.68. The van der Waals surface area contributed by atoms with Crippen LogP contribution in [0.15, 0.2) is 6.33 Å². The van der Waals surface area contributed by atoms with E-state index in [0.717, 1.165) is 25.5 Å². The largest absolute Gasteiger partial charge is 0.392 e. The van der Waals surface area contributed by atoms with Gasteiger partial charge in [-0.05, 0) is 13.8 Å². The lowest BCUT2D eigenvalue weighted by molar-refractivity contribution is 0.0533. The third-order valence-electron chi connectivity index (χ3n) is 2.94. The molecule has 5 nitrogen and oxygen atoms in total. The van der Waals surface area contributed by atoms with Gasteiger partial charge in [0.05, 0.1) is 12.6 Å². The number of rotatable bonds is 2. The van der Waals surface area contributed by atoms with Crippen LogP contribution in [0.25, 0.3) is 0 Å². The van der Waals surface area contributed by atoms with E-state index >= 15 is 0 Å². The number of aliphatic hydroxyl groups is 1. The van der Waals surface area contributed by atoms with Gasteiger partial charge in [-0.3, -0.25) is 4.90 Å². The first kappa shape index (κ1) is 9.61. The number of nitrogens with zero attached hydrogens (tertiary/aromatic N) is 4. The van der Waals surface area contributed by atoms with E-state index < -0.39 is 0 Å². The average molecular weight is 196 g/mol. The molecule has 2 unspecified atom stereocenters. The van der Waals surface area contributed by atoms with Crippen LogP contribution in [0, 0.1) is 0 Å². The van der Waals surface area contributed by atoms with Crippen molar-refractivity contribution in [3.05, 3.63) is 12.2 Å². The van der Waals surface area contributed by atoms with Crippen molar-refractivity contribution >= 4 is 0 Å². The highest BCUT2D eigenvalue weighted by Gasteiger charge is 2.23. The van der Waals surface area contributed by atoms with Crippen LogP contribution in [0.3, 0.4) is 0 Å². The molecule has 14 heavy (non-hydrogen) atoms. The second-order valence-corrected chi connectivity index (χ2v) is 3.89. The fourth-order valence-corrected chi connectivity index (χ4v) is 1.74. The summed E-state index contributed by atoms with van der Waals surface area (Å²) < 4.78 is 2.06. The molecule has 5 heteroatoms. The highest BCUT2D eigenvalue weighted by molar-refractivity contribution is 4.91. The van der Waals surface area contributed by atoms with E-state index in [4.69, 9.17) is 0 Å². The van der Waals surface area contributed by atoms with Gasteiger partial charge in [-0.2, -0.15) is 0 Å². The quantitative estimate of drug-likeness (QED) is 0.715. The van der Waals surface area contributed by atoms with Crippen molar-refractivity contribution in [1.29, 1.82) is 0 Å². The lowest BCUT2D eigenvalue weighted by atomic mass is 10.1. The monoisotopic (exact) mass is 196 g/mol. The molecule has 0 bridgehead atoms. The maximum atomic E-state index is 9.49. The fraction of sp³-hybridized carbons (Fsp3) is 0.778. The van der Waals surface area contributed by atoms with E-state index in [0.29, 0.717) is 0 Å². The van der Waals surface area contributed by atoms with Gasteiger partial charge in [-0.15, -0.1) is 10.2 Å². The Morgan fingerprint density at radius 3 is 2.93 bits per heavy atom. The molecule has 1 aliphatic heterocycles. The molecule has 1 aromatic rings. The number of fused-ring (bicyclic) bond motifs is 1. The third-order valence-corrected chi connectivity index (χ3v) is 2.94. The van der Waals surface area contributed by atoms with Gasteiger partial charge in [-0.25, -0.2) is 0 Å². The lowest BCUT2D eigenvalue weighted by Gasteiger charge is -2.33. The molecule has 78 valence electrons. The fourth-order valence-electron chi connectivity index (χ4n) is 1.74. The Kier molecular flexibility index (Phi) is 2.52. The minimum atomic E-state index is -0.301. The van der Waals surface area contributed by atoms with E-state index in [1.165, 1.54) is 0 Å². The molecule has 0 saturated carbocycles. The topological polar surface area (TPSA) is 54.2 Å². The van der Waals surface area contributed by atoms with Crippen LogP contribution in [0.2, 0.25) is 0 Å². The van der Waals surface area contributed by atoms with Gasteiger partial charge >= 0.3 is 0 Å². The van der Waals surface area contributed by atoms with Gasteiger partial charge in [0.15, 0.2) is 0 Å². The summed E-state index contributed by atoms with van der Waals surface area (Å²) in [6.45, 7) is 6.52. The zero-order valence-electron chi connectivity index (χ0n) is 8.59. The molecule has 2 atom stereocenters. The smallest absolute Gasteiger partial charge is 0.147 e. The first-order valence-electron chi connectivity index (χ1n) is 4.97. The van der Waals surface area contributed by atoms with Crippen molar-refractivity contribution in [2.45, 2.75) is 39.1 Å². The molecule has 2 rings (SSSR count). The van der Waals surface area contributed by atoms with Crippen molar-refractivity contribution in [3.8, 4) is 0 Å². The number of hydrogen-bond donors (Lipinski definition) is 1. The minimum absolute atomic E-state index is 0.181. The van der Waals surface area contributed by atoms with Crippen LogP contribution >= 0.6 is 0 Å². The molecular formula is C9H16N4O. The van der Waals surface area contributed by atoms with Crippen molar-refractivity contribution < 1.29 is 5.11 Å². The summed E-state index contributed by atoms with van der Waals surface area (Å²) in [7, 11) is 0. The summed E-state index contributed by atoms with van der Waals surface area (Å²) in [6.07, 6.45) is 1.46. The van der Waals surface area contributed by atoms with E-state index in [-0.39, 0.29) is 12.1 Å². The highest BCUT2D eigenvalue weighted by Crippen LogP contribution is 2.13. The molecule has 0 aromatic carbocycles. The Balaban J connectivity index is 2.07. The Morgan fingerprint density at radius 1 is 1.43 bits per heavy atom. The van der Waals surface area contributed by atoms with Crippen molar-refractivity contribution in [3.63, 3.8) is 0 Å². The molecule has 1 aromatic heterocycles. The molecule has 0 aliphatic carbocycles. The van der Waals surface area contributed by atoms with Crippen LogP contribution in [-0.2, 0) is 13.1 Å². The molecule has 1 aliphatic rings. The number of aromatic nitrogens is 3. The first-order valence-corrected chi connectivity index (χ1v) is 4.97. The summed E-state index contributed by atoms with van der Waals surface area (Å²) in [5.74, 6) is 0.990. The maximum Gasteiger partial charge on any atom is 0.147 e. The molecular weight excluding hydrogens is 180 g/mol. The molecule has 2 heterocycles. The van der Waals surface area contributed by atoms with Gasteiger partial charge in [0.1, 0.15) is 12.2 Å². The van der Waals surface area contributed by atoms with Gasteiger partial charge in [0, 0.05) is 19.1 Å². The van der Waals surface area contributed by atoms with Crippen molar-refractivity contribution in [2.75, 3.05) is 6.54 Å². The van der Waals surface area contributed by atoms with Gasteiger partial charge in [0.2, 0.25) is 0 Å². The summed E-state index contributed by atoms with van der Waals surface area (Å²) >= 11 is 0. The minimum Gasteiger partial charge on any atom is -0.392 e. The van der Waals surface area contributed by atoms with E-state index in [9.17, 15) is 5.11 Å². The van der Waals surface area contributed by atoms with Crippen LogP contribution < -0.4 is 0 Å². The zero-order valence-corrected chi connectivity index (χ0v) is 8.59. The average Bonchev–Trinajstić information content (AvgIpc) is 2.62. The number of aliphatic hydroxyl groups excluding tert-OH is 1. The van der Waals surface area contributed by atoms with Gasteiger partial charge in [-0.1, -0.05) is 0 Å². The Hall–Kier alpha value is -0.940. The third kappa shape index (κ3) is 1.65. The Labute approximate surface area is 83.4 Å². The van der Waals surface area contributed by atoms with E-state index in [2.05, 4.69) is 19.7 Å². The SMILES string of the molecule is CC(O)C(C)N1CCn2cnnc2C1. The maximum absolute atomic E-state index is 9.49. The highest BCUT2D eigenvalue weighted by atomic mass is 16.3. The zero-order chi connectivity index (χ0) is 10.1. The molecule has 1 N–H and O–H groups in total. The van der Waals surface area contributed by atoms with Crippen LogP contribution in [0.1, 0.15) is 19.7 Å². The summed E-state index contributed by atoms with van der Waals surface area (Å²) in [4.78, 5) is 2.23. The summed E-state index contributed by atoms with van der Waals surface area (Å²) in [5.41, 5.74) is 0. The second-order valence-electron chi connectivity index (χ2n) is 3.89.